The first-order chi connectivity index (χ1) is 9.22. The van der Waals surface area contributed by atoms with E-state index < -0.39 is 0 Å². The lowest BCUT2D eigenvalue weighted by Crippen LogP contribution is -2.51. The van der Waals surface area contributed by atoms with Gasteiger partial charge in [-0.05, 0) is 43.2 Å². The third-order valence-corrected chi connectivity index (χ3v) is 4.60. The van der Waals surface area contributed by atoms with E-state index in [1.54, 1.807) is 0 Å². The Labute approximate surface area is 117 Å². The van der Waals surface area contributed by atoms with Gasteiger partial charge in [-0.2, -0.15) is 0 Å². The summed E-state index contributed by atoms with van der Waals surface area (Å²) in [5, 5.41) is 3.84. The molecule has 1 saturated heterocycles. The summed E-state index contributed by atoms with van der Waals surface area (Å²) in [6, 6.07) is 12.4. The highest BCUT2D eigenvalue weighted by Crippen LogP contribution is 2.29. The Hall–Kier alpha value is -1.02. The molecule has 2 unspecified atom stereocenters. The van der Waals surface area contributed by atoms with Crippen LogP contribution in [0.25, 0.3) is 0 Å². The fourth-order valence-corrected chi connectivity index (χ4v) is 3.17. The Morgan fingerprint density at radius 1 is 1.05 bits per heavy atom. The van der Waals surface area contributed by atoms with Gasteiger partial charge in [0.25, 0.3) is 0 Å². The van der Waals surface area contributed by atoms with Gasteiger partial charge >= 0.3 is 0 Å². The molecule has 0 amide bonds. The maximum Gasteiger partial charge on any atom is 0.0366 e. The topological polar surface area (TPSA) is 15.3 Å². The highest BCUT2D eigenvalue weighted by Gasteiger charge is 2.32. The Bertz CT molecular complexity index is 397. The van der Waals surface area contributed by atoms with Crippen LogP contribution in [0.5, 0.6) is 0 Å². The van der Waals surface area contributed by atoms with E-state index in [0.717, 1.165) is 17.9 Å². The van der Waals surface area contributed by atoms with Crippen molar-refractivity contribution in [3.63, 3.8) is 0 Å². The fourth-order valence-electron chi connectivity index (χ4n) is 3.17. The van der Waals surface area contributed by atoms with Crippen LogP contribution in [-0.4, -0.2) is 25.2 Å². The number of nitrogens with one attached hydrogen (secondary N) is 1. The summed E-state index contributed by atoms with van der Waals surface area (Å²) in [4.78, 5) is 2.58. The SMILES string of the molecule is CC(C)C1CC(NC2CC2)CN(c2ccccc2)C1. The molecule has 2 nitrogen and oxygen atoms in total. The van der Waals surface area contributed by atoms with Crippen molar-refractivity contribution >= 4 is 5.69 Å². The quantitative estimate of drug-likeness (QED) is 0.891. The number of hydrogen-bond donors (Lipinski definition) is 1. The molecule has 2 heteroatoms. The lowest BCUT2D eigenvalue weighted by molar-refractivity contribution is 0.271. The second-order valence-electron chi connectivity index (χ2n) is 6.62. The molecule has 0 radical (unpaired) electrons. The summed E-state index contributed by atoms with van der Waals surface area (Å²) in [5.41, 5.74) is 1.38. The number of nitrogens with zero attached hydrogens (tertiary/aromatic N) is 1. The van der Waals surface area contributed by atoms with Gasteiger partial charge in [-0.15, -0.1) is 0 Å². The molecule has 0 aromatic heterocycles. The van der Waals surface area contributed by atoms with Crippen molar-refractivity contribution in [3.05, 3.63) is 30.3 Å². The first-order valence-electron chi connectivity index (χ1n) is 7.78. The molecule has 2 atom stereocenters. The van der Waals surface area contributed by atoms with Gasteiger partial charge in [-0.3, -0.25) is 0 Å². The molecule has 1 heterocycles. The second kappa shape index (κ2) is 5.54. The molecular weight excluding hydrogens is 232 g/mol. The molecule has 1 saturated carbocycles. The highest BCUT2D eigenvalue weighted by atomic mass is 15.2. The Balaban J connectivity index is 1.71. The van der Waals surface area contributed by atoms with Gasteiger partial charge in [0.05, 0.1) is 0 Å². The Morgan fingerprint density at radius 2 is 1.79 bits per heavy atom. The summed E-state index contributed by atoms with van der Waals surface area (Å²) in [6.07, 6.45) is 4.11. The van der Waals surface area contributed by atoms with Crippen molar-refractivity contribution in [3.8, 4) is 0 Å². The summed E-state index contributed by atoms with van der Waals surface area (Å²) in [6.45, 7) is 7.12. The standard InChI is InChI=1S/C17H26N2/c1-13(2)14-10-16(18-15-8-9-15)12-19(11-14)17-6-4-3-5-7-17/h3-7,13-16,18H,8-12H2,1-2H3. The molecule has 19 heavy (non-hydrogen) atoms. The molecule has 1 aromatic rings. The zero-order valence-electron chi connectivity index (χ0n) is 12.2. The normalized spacial score (nSPS) is 27.8. The third-order valence-electron chi connectivity index (χ3n) is 4.60. The largest absolute Gasteiger partial charge is 0.370 e. The monoisotopic (exact) mass is 258 g/mol. The van der Waals surface area contributed by atoms with E-state index in [1.165, 1.54) is 38.0 Å². The molecule has 0 bridgehead atoms. The lowest BCUT2D eigenvalue weighted by Gasteiger charge is -2.41. The van der Waals surface area contributed by atoms with Crippen LogP contribution in [0.3, 0.4) is 0 Å². The van der Waals surface area contributed by atoms with Crippen LogP contribution < -0.4 is 10.2 Å². The van der Waals surface area contributed by atoms with Crippen molar-refractivity contribution in [1.29, 1.82) is 0 Å². The van der Waals surface area contributed by atoms with E-state index in [-0.39, 0.29) is 0 Å². The first-order valence-corrected chi connectivity index (χ1v) is 7.78. The second-order valence-corrected chi connectivity index (χ2v) is 6.62. The van der Waals surface area contributed by atoms with Crippen LogP contribution in [0.15, 0.2) is 30.3 Å². The van der Waals surface area contributed by atoms with Gasteiger partial charge in [-0.25, -0.2) is 0 Å². The van der Waals surface area contributed by atoms with Crippen LogP contribution in [0.1, 0.15) is 33.1 Å². The van der Waals surface area contributed by atoms with Gasteiger partial charge in [-0.1, -0.05) is 32.0 Å². The minimum atomic E-state index is 0.675. The lowest BCUT2D eigenvalue weighted by atomic mass is 9.85. The van der Waals surface area contributed by atoms with Gasteiger partial charge < -0.3 is 10.2 Å². The summed E-state index contributed by atoms with van der Waals surface area (Å²) in [5.74, 6) is 1.58. The highest BCUT2D eigenvalue weighted by molar-refractivity contribution is 5.46. The predicted molar refractivity (Wildman–Crippen MR) is 81.5 cm³/mol. The summed E-state index contributed by atoms with van der Waals surface area (Å²) < 4.78 is 0. The zero-order chi connectivity index (χ0) is 13.2. The minimum absolute atomic E-state index is 0.675. The van der Waals surface area contributed by atoms with Crippen LogP contribution >= 0.6 is 0 Å². The van der Waals surface area contributed by atoms with E-state index in [2.05, 4.69) is 54.4 Å². The van der Waals surface area contributed by atoms with E-state index in [4.69, 9.17) is 0 Å². The fraction of sp³-hybridized carbons (Fsp3) is 0.647. The number of para-hydroxylation sites is 1. The average Bonchev–Trinajstić information content (AvgIpc) is 3.23. The minimum Gasteiger partial charge on any atom is -0.370 e. The molecule has 104 valence electrons. The van der Waals surface area contributed by atoms with Crippen molar-refractivity contribution < 1.29 is 0 Å². The summed E-state index contributed by atoms with van der Waals surface area (Å²) >= 11 is 0. The van der Waals surface area contributed by atoms with E-state index in [0.29, 0.717) is 6.04 Å². The Kier molecular flexibility index (Phi) is 3.79. The van der Waals surface area contributed by atoms with Crippen molar-refractivity contribution in [2.24, 2.45) is 11.8 Å². The van der Waals surface area contributed by atoms with E-state index in [1.807, 2.05) is 0 Å². The van der Waals surface area contributed by atoms with E-state index in [9.17, 15) is 0 Å². The van der Waals surface area contributed by atoms with Gasteiger partial charge in [0.2, 0.25) is 0 Å². The third kappa shape index (κ3) is 3.30. The Morgan fingerprint density at radius 3 is 2.42 bits per heavy atom. The van der Waals surface area contributed by atoms with Crippen LogP contribution in [0, 0.1) is 11.8 Å². The van der Waals surface area contributed by atoms with Gasteiger partial charge in [0.15, 0.2) is 0 Å². The smallest absolute Gasteiger partial charge is 0.0366 e. The van der Waals surface area contributed by atoms with Gasteiger partial charge in [0.1, 0.15) is 0 Å². The number of hydrogen-bond acceptors (Lipinski definition) is 2. The first kappa shape index (κ1) is 13.0. The van der Waals surface area contributed by atoms with Crippen molar-refractivity contribution in [2.45, 2.75) is 45.2 Å². The van der Waals surface area contributed by atoms with Crippen LogP contribution in [-0.2, 0) is 0 Å². The van der Waals surface area contributed by atoms with Crippen molar-refractivity contribution in [1.82, 2.24) is 5.32 Å². The maximum atomic E-state index is 3.84. The van der Waals surface area contributed by atoms with Crippen molar-refractivity contribution in [2.75, 3.05) is 18.0 Å². The zero-order valence-corrected chi connectivity index (χ0v) is 12.2. The molecule has 1 N–H and O–H groups in total. The molecule has 2 aliphatic rings. The summed E-state index contributed by atoms with van der Waals surface area (Å²) in [7, 11) is 0. The van der Waals surface area contributed by atoms with E-state index >= 15 is 0 Å². The molecule has 0 spiro atoms. The predicted octanol–water partition coefficient (Wildman–Crippen LogP) is 3.29. The molecule has 1 aliphatic heterocycles. The molecule has 2 fully saturated rings. The average molecular weight is 258 g/mol. The van der Waals surface area contributed by atoms with Crippen LogP contribution in [0.2, 0.25) is 0 Å². The number of rotatable bonds is 4. The molecule has 1 aromatic carbocycles. The van der Waals surface area contributed by atoms with Crippen LogP contribution in [0.4, 0.5) is 5.69 Å². The number of piperidine rings is 1. The molecule has 3 rings (SSSR count). The number of benzene rings is 1. The van der Waals surface area contributed by atoms with Gasteiger partial charge in [0, 0.05) is 30.9 Å². The maximum absolute atomic E-state index is 3.84. The number of anilines is 1. The molecular formula is C17H26N2. The molecule has 1 aliphatic carbocycles.